The van der Waals surface area contributed by atoms with Crippen molar-refractivity contribution in [1.29, 1.82) is 0 Å². The van der Waals surface area contributed by atoms with E-state index >= 15 is 0 Å². The highest BCUT2D eigenvalue weighted by molar-refractivity contribution is 6.37. The van der Waals surface area contributed by atoms with Gasteiger partial charge < -0.3 is 20.9 Å². The molecular formula is C28H30Cl2N6O4. The van der Waals surface area contributed by atoms with Gasteiger partial charge >= 0.3 is 0 Å². The van der Waals surface area contributed by atoms with Gasteiger partial charge in [0.15, 0.2) is 0 Å². The lowest BCUT2D eigenvalue weighted by atomic mass is 9.99. The monoisotopic (exact) mass is 584 g/mol. The van der Waals surface area contributed by atoms with Crippen LogP contribution < -0.4 is 20.9 Å². The van der Waals surface area contributed by atoms with E-state index in [-0.39, 0.29) is 42.3 Å². The van der Waals surface area contributed by atoms with Crippen molar-refractivity contribution in [3.8, 4) is 0 Å². The minimum absolute atomic E-state index is 0. The van der Waals surface area contributed by atoms with Crippen LogP contribution in [0.5, 0.6) is 0 Å². The Hall–Kier alpha value is -3.96. The second kappa shape index (κ2) is 13.4. The summed E-state index contributed by atoms with van der Waals surface area (Å²) in [5, 5.41) is 20.8. The number of carbonyl (C=O) groups excluding carboxylic acids is 2. The van der Waals surface area contributed by atoms with Crippen LogP contribution in [0, 0.1) is 10.1 Å². The molecule has 0 aliphatic carbocycles. The fourth-order valence-electron chi connectivity index (χ4n) is 4.62. The Morgan fingerprint density at radius 2 is 1.70 bits per heavy atom. The molecule has 3 aromatic carbocycles. The Morgan fingerprint density at radius 3 is 2.35 bits per heavy atom. The molecule has 0 spiro atoms. The van der Waals surface area contributed by atoms with E-state index in [2.05, 4.69) is 20.9 Å². The number of anilines is 3. The third kappa shape index (κ3) is 6.60. The number of rotatable bonds is 7. The number of nitrogens with one attached hydrogen (secondary N) is 3. The zero-order valence-corrected chi connectivity index (χ0v) is 23.4. The van der Waals surface area contributed by atoms with Gasteiger partial charge in [-0.3, -0.25) is 24.6 Å². The number of carbonyl (C=O) groups is 2. The zero-order chi connectivity index (χ0) is 26.6. The number of benzene rings is 3. The number of nitro groups is 1. The normalized spacial score (nSPS) is 15.6. The molecule has 10 nitrogen and oxygen atoms in total. The number of amides is 2. The summed E-state index contributed by atoms with van der Waals surface area (Å²) in [5.74, 6) is -0.331. The van der Waals surface area contributed by atoms with Crippen LogP contribution in [0.1, 0.15) is 11.1 Å². The lowest BCUT2D eigenvalue weighted by Gasteiger charge is -2.28. The molecule has 0 unspecified atom stereocenters. The lowest BCUT2D eigenvalue weighted by Crippen LogP contribution is -2.47. The van der Waals surface area contributed by atoms with Crippen LogP contribution in [-0.2, 0) is 9.59 Å². The number of hydrogen-bond acceptors (Lipinski definition) is 7. The number of nitro benzene ring substituents is 1. The Balaban J connectivity index is 0.00000220. The van der Waals surface area contributed by atoms with Crippen molar-refractivity contribution in [2.75, 3.05) is 55.3 Å². The molecule has 0 atom stereocenters. The maximum absolute atomic E-state index is 13.1. The van der Waals surface area contributed by atoms with Crippen molar-refractivity contribution in [3.63, 3.8) is 0 Å². The predicted molar refractivity (Wildman–Crippen MR) is 162 cm³/mol. The van der Waals surface area contributed by atoms with E-state index in [4.69, 9.17) is 0 Å². The van der Waals surface area contributed by atoms with Crippen LogP contribution in [0.2, 0.25) is 0 Å². The fourth-order valence-corrected chi connectivity index (χ4v) is 4.62. The van der Waals surface area contributed by atoms with Crippen LogP contribution in [0.4, 0.5) is 22.7 Å². The molecule has 12 heteroatoms. The molecule has 40 heavy (non-hydrogen) atoms. The molecule has 2 aliphatic heterocycles. The SMILES string of the molecule is CN(C(=O)CN1CCNCC1)c1ccc(N/C(=C2\C(=O)Nc3ccc([N+](=O)[O-])cc32)c2ccccc2)cc1.Cl.Cl. The van der Waals surface area contributed by atoms with Gasteiger partial charge in [0, 0.05) is 68.0 Å². The van der Waals surface area contributed by atoms with Crippen LogP contribution >= 0.6 is 24.8 Å². The number of fused-ring (bicyclic) bond motifs is 1. The van der Waals surface area contributed by atoms with E-state index < -0.39 is 4.92 Å². The van der Waals surface area contributed by atoms with Crippen molar-refractivity contribution in [3.05, 3.63) is 94.0 Å². The van der Waals surface area contributed by atoms with Crippen LogP contribution in [0.25, 0.3) is 11.3 Å². The first-order chi connectivity index (χ1) is 18.4. The number of non-ortho nitro benzene ring substituents is 1. The van der Waals surface area contributed by atoms with E-state index in [0.717, 1.165) is 37.4 Å². The zero-order valence-electron chi connectivity index (χ0n) is 21.8. The van der Waals surface area contributed by atoms with Crippen molar-refractivity contribution in [1.82, 2.24) is 10.2 Å². The molecule has 0 aromatic heterocycles. The van der Waals surface area contributed by atoms with Gasteiger partial charge in [-0.2, -0.15) is 0 Å². The molecule has 1 fully saturated rings. The maximum atomic E-state index is 13.1. The smallest absolute Gasteiger partial charge is 0.270 e. The molecule has 0 radical (unpaired) electrons. The van der Waals surface area contributed by atoms with Crippen molar-refractivity contribution in [2.45, 2.75) is 0 Å². The van der Waals surface area contributed by atoms with Gasteiger partial charge in [-0.05, 0) is 35.9 Å². The van der Waals surface area contributed by atoms with E-state index in [1.807, 2.05) is 54.6 Å². The molecule has 1 saturated heterocycles. The van der Waals surface area contributed by atoms with Crippen molar-refractivity contribution in [2.24, 2.45) is 0 Å². The fraction of sp³-hybridized carbons (Fsp3) is 0.214. The minimum atomic E-state index is -0.477. The van der Waals surface area contributed by atoms with Crippen molar-refractivity contribution >= 4 is 70.6 Å². The number of hydrogen-bond donors (Lipinski definition) is 3. The van der Waals surface area contributed by atoms with E-state index in [9.17, 15) is 19.7 Å². The standard InChI is InChI=1S/C28H28N6O4.2ClH/c1-32(25(35)18-33-15-13-29-14-16-33)21-9-7-20(8-10-21)30-27(19-5-3-2-4-6-19)26-23-17-22(34(37)38)11-12-24(23)31-28(26)36;;/h2-12,17,29-30H,13-16,18H2,1H3,(H,31,36);2*1H/b27-26-;;. The summed E-state index contributed by atoms with van der Waals surface area (Å²) >= 11 is 0. The average molecular weight is 585 g/mol. The summed E-state index contributed by atoms with van der Waals surface area (Å²) in [6, 6.07) is 21.0. The maximum Gasteiger partial charge on any atom is 0.270 e. The van der Waals surface area contributed by atoms with Gasteiger partial charge in [-0.25, -0.2) is 0 Å². The molecule has 0 bridgehead atoms. The van der Waals surface area contributed by atoms with Crippen LogP contribution in [0.3, 0.4) is 0 Å². The van der Waals surface area contributed by atoms with Gasteiger partial charge in [0.25, 0.3) is 11.6 Å². The summed E-state index contributed by atoms with van der Waals surface area (Å²) in [4.78, 5) is 40.6. The van der Waals surface area contributed by atoms with Gasteiger partial charge in [-0.1, -0.05) is 30.3 Å². The Labute approximate surface area is 244 Å². The first-order valence-electron chi connectivity index (χ1n) is 12.4. The molecule has 3 N–H and O–H groups in total. The molecule has 5 rings (SSSR count). The molecule has 210 valence electrons. The highest BCUT2D eigenvalue weighted by Gasteiger charge is 2.30. The summed E-state index contributed by atoms with van der Waals surface area (Å²) in [6.07, 6.45) is 0. The molecule has 2 amide bonds. The third-order valence-electron chi connectivity index (χ3n) is 6.74. The minimum Gasteiger partial charge on any atom is -0.354 e. The predicted octanol–water partition coefficient (Wildman–Crippen LogP) is 4.24. The third-order valence-corrected chi connectivity index (χ3v) is 6.74. The van der Waals surface area contributed by atoms with Crippen LogP contribution in [-0.4, -0.2) is 61.4 Å². The molecule has 2 aliphatic rings. The van der Waals surface area contributed by atoms with Gasteiger partial charge in [0.1, 0.15) is 0 Å². The number of nitrogens with zero attached hydrogens (tertiary/aromatic N) is 3. The summed E-state index contributed by atoms with van der Waals surface area (Å²) in [7, 11) is 1.76. The van der Waals surface area contributed by atoms with Gasteiger partial charge in [0.2, 0.25) is 5.91 Å². The summed E-state index contributed by atoms with van der Waals surface area (Å²) in [6.45, 7) is 3.82. The highest BCUT2D eigenvalue weighted by Crippen LogP contribution is 2.39. The van der Waals surface area contributed by atoms with Crippen molar-refractivity contribution < 1.29 is 14.5 Å². The Kier molecular flexibility index (Phi) is 10.2. The first-order valence-corrected chi connectivity index (χ1v) is 12.4. The topological polar surface area (TPSA) is 120 Å². The van der Waals surface area contributed by atoms with E-state index in [0.29, 0.717) is 34.8 Å². The van der Waals surface area contributed by atoms with Crippen LogP contribution in [0.15, 0.2) is 72.8 Å². The summed E-state index contributed by atoms with van der Waals surface area (Å²) in [5.41, 5.74) is 3.95. The van der Waals surface area contributed by atoms with Gasteiger partial charge in [-0.15, -0.1) is 24.8 Å². The Morgan fingerprint density at radius 1 is 1.02 bits per heavy atom. The molecule has 3 aromatic rings. The number of likely N-dealkylation sites (N-methyl/N-ethyl adjacent to an activating group) is 1. The second-order valence-electron chi connectivity index (χ2n) is 9.21. The van der Waals surface area contributed by atoms with E-state index in [1.165, 1.54) is 12.1 Å². The molecule has 0 saturated carbocycles. The Bertz CT molecular complexity index is 1410. The first kappa shape index (κ1) is 30.6. The molecular weight excluding hydrogens is 555 g/mol. The van der Waals surface area contributed by atoms with E-state index in [1.54, 1.807) is 18.0 Å². The second-order valence-corrected chi connectivity index (χ2v) is 9.21. The average Bonchev–Trinajstić information content (AvgIpc) is 3.27. The number of piperazine rings is 1. The highest BCUT2D eigenvalue weighted by atomic mass is 35.5. The number of halogens is 2. The quantitative estimate of drug-likeness (QED) is 0.216. The largest absolute Gasteiger partial charge is 0.354 e. The van der Waals surface area contributed by atoms with Gasteiger partial charge in [0.05, 0.1) is 22.7 Å². The molecule has 2 heterocycles. The lowest BCUT2D eigenvalue weighted by molar-refractivity contribution is -0.384. The summed E-state index contributed by atoms with van der Waals surface area (Å²) < 4.78 is 0.